The summed E-state index contributed by atoms with van der Waals surface area (Å²) >= 11 is 13.2. The summed E-state index contributed by atoms with van der Waals surface area (Å²) in [5.41, 5.74) is 7.16. The van der Waals surface area contributed by atoms with Crippen molar-refractivity contribution in [3.63, 3.8) is 0 Å². The van der Waals surface area contributed by atoms with Crippen LogP contribution in [-0.2, 0) is 6.54 Å². The molecular weight excluding hydrogens is 485 g/mol. The second-order valence-electron chi connectivity index (χ2n) is 8.12. The first kappa shape index (κ1) is 23.8. The van der Waals surface area contributed by atoms with Gasteiger partial charge in [-0.25, -0.2) is 0 Å². The molecule has 0 radical (unpaired) electrons. The molecule has 5 N–H and O–H groups in total. The molecule has 2 amide bonds. The van der Waals surface area contributed by atoms with Crippen LogP contribution in [-0.4, -0.2) is 46.6 Å². The maximum Gasteiger partial charge on any atom is 0.256 e. The van der Waals surface area contributed by atoms with E-state index in [1.54, 1.807) is 12.1 Å². The molecule has 10 heteroatoms. The number of nitrogens with one attached hydrogen (secondary N) is 1. The molecule has 0 spiro atoms. The summed E-state index contributed by atoms with van der Waals surface area (Å²) in [6.45, 7) is 2.91. The number of nitrogens with zero attached hydrogens (tertiary/aromatic N) is 1. The standard InChI is InChI=1S/C23H23Cl2N3O4S/c24-16-9-15-17(21(26)31)23(33-20(15)18(25)19(16)30)27-22(32)14-3-1-12(2-4-14)10-28-7-5-13(11-29)6-8-28/h1-4,9,13,29-30H,5-8,10-11H2,(H2,26,31)(H,27,32). The Morgan fingerprint density at radius 3 is 2.45 bits per heavy atom. The topological polar surface area (TPSA) is 116 Å². The van der Waals surface area contributed by atoms with E-state index in [1.165, 1.54) is 6.07 Å². The Kier molecular flexibility index (Phi) is 7.11. The second-order valence-corrected chi connectivity index (χ2v) is 9.93. The molecule has 1 aliphatic rings. The van der Waals surface area contributed by atoms with Crippen LogP contribution in [0.2, 0.25) is 10.0 Å². The van der Waals surface area contributed by atoms with E-state index in [0.29, 0.717) is 21.6 Å². The molecule has 0 bridgehead atoms. The second kappa shape index (κ2) is 9.87. The maximum atomic E-state index is 12.9. The summed E-state index contributed by atoms with van der Waals surface area (Å²) < 4.78 is 0.406. The normalized spacial score (nSPS) is 15.1. The number of anilines is 1. The van der Waals surface area contributed by atoms with Gasteiger partial charge in [0.2, 0.25) is 0 Å². The first-order valence-electron chi connectivity index (χ1n) is 10.4. The minimum absolute atomic E-state index is 0.00197. The van der Waals surface area contributed by atoms with Gasteiger partial charge in [-0.2, -0.15) is 0 Å². The van der Waals surface area contributed by atoms with Gasteiger partial charge in [-0.3, -0.25) is 14.5 Å². The Bertz CT molecular complexity index is 1200. The lowest BCUT2D eigenvalue weighted by molar-refractivity contribution is 0.100. The summed E-state index contributed by atoms with van der Waals surface area (Å²) in [5.74, 6) is -1.04. The Labute approximate surface area is 204 Å². The zero-order valence-electron chi connectivity index (χ0n) is 17.6. The van der Waals surface area contributed by atoms with E-state index in [9.17, 15) is 19.8 Å². The van der Waals surface area contributed by atoms with Gasteiger partial charge in [-0.05, 0) is 55.6 Å². The van der Waals surface area contributed by atoms with Crippen molar-refractivity contribution in [2.75, 3.05) is 25.0 Å². The van der Waals surface area contributed by atoms with Crippen LogP contribution >= 0.6 is 34.5 Å². The predicted molar refractivity (Wildman–Crippen MR) is 132 cm³/mol. The molecule has 2 heterocycles. The van der Waals surface area contributed by atoms with Gasteiger partial charge >= 0.3 is 0 Å². The summed E-state index contributed by atoms with van der Waals surface area (Å²) in [5, 5.41) is 22.6. The SMILES string of the molecule is NC(=O)c1c(NC(=O)c2ccc(CN3CCC(CO)CC3)cc2)sc2c(Cl)c(O)c(Cl)cc12. The van der Waals surface area contributed by atoms with Gasteiger partial charge in [0, 0.05) is 24.1 Å². The van der Waals surface area contributed by atoms with Crippen molar-refractivity contribution in [1.29, 1.82) is 0 Å². The Balaban J connectivity index is 1.51. The quantitative estimate of drug-likeness (QED) is 0.392. The number of rotatable bonds is 6. The molecule has 174 valence electrons. The molecule has 1 saturated heterocycles. The molecular formula is C23H23Cl2N3O4S. The number of aliphatic hydroxyl groups is 1. The number of benzene rings is 2. The number of primary amides is 1. The number of hydrogen-bond acceptors (Lipinski definition) is 6. The van der Waals surface area contributed by atoms with Crippen molar-refractivity contribution in [1.82, 2.24) is 4.90 Å². The fraction of sp³-hybridized carbons (Fsp3) is 0.304. The third-order valence-electron chi connectivity index (χ3n) is 5.91. The van der Waals surface area contributed by atoms with Gasteiger partial charge < -0.3 is 21.3 Å². The van der Waals surface area contributed by atoms with Gasteiger partial charge in [0.25, 0.3) is 11.8 Å². The number of phenols is 1. The zero-order chi connectivity index (χ0) is 23.7. The lowest BCUT2D eigenvalue weighted by atomic mass is 9.97. The fourth-order valence-electron chi connectivity index (χ4n) is 4.01. The number of carbonyl (C=O) groups is 2. The van der Waals surface area contributed by atoms with E-state index >= 15 is 0 Å². The third kappa shape index (κ3) is 4.95. The first-order chi connectivity index (χ1) is 15.8. The number of halogens is 2. The van der Waals surface area contributed by atoms with E-state index in [2.05, 4.69) is 10.2 Å². The van der Waals surface area contributed by atoms with Crippen molar-refractivity contribution < 1.29 is 19.8 Å². The van der Waals surface area contributed by atoms with Crippen LogP contribution in [0.3, 0.4) is 0 Å². The number of carbonyl (C=O) groups excluding carboxylic acids is 2. The van der Waals surface area contributed by atoms with Crippen LogP contribution in [0, 0.1) is 5.92 Å². The number of amides is 2. The molecule has 3 aromatic rings. The summed E-state index contributed by atoms with van der Waals surface area (Å²) in [6, 6.07) is 8.68. The van der Waals surface area contributed by atoms with Crippen molar-refractivity contribution in [3.05, 3.63) is 57.1 Å². The van der Waals surface area contributed by atoms with Crippen LogP contribution in [0.4, 0.5) is 5.00 Å². The monoisotopic (exact) mass is 507 g/mol. The molecule has 0 aliphatic carbocycles. The molecule has 1 aliphatic heterocycles. The number of hydrogen-bond donors (Lipinski definition) is 4. The Morgan fingerprint density at radius 2 is 1.85 bits per heavy atom. The fourth-order valence-corrected chi connectivity index (χ4v) is 5.70. The minimum Gasteiger partial charge on any atom is -0.505 e. The van der Waals surface area contributed by atoms with E-state index in [0.717, 1.165) is 49.4 Å². The molecule has 0 unspecified atom stereocenters. The Hall–Kier alpha value is -2.36. The van der Waals surface area contributed by atoms with Gasteiger partial charge in [0.05, 0.1) is 15.3 Å². The summed E-state index contributed by atoms with van der Waals surface area (Å²) in [4.78, 5) is 27.3. The largest absolute Gasteiger partial charge is 0.505 e. The van der Waals surface area contributed by atoms with Crippen LogP contribution in [0.1, 0.15) is 39.1 Å². The number of aromatic hydroxyl groups is 1. The van der Waals surface area contributed by atoms with Crippen molar-refractivity contribution in [2.45, 2.75) is 19.4 Å². The molecule has 0 atom stereocenters. The van der Waals surface area contributed by atoms with E-state index in [1.807, 2.05) is 12.1 Å². The highest BCUT2D eigenvalue weighted by molar-refractivity contribution is 7.24. The lowest BCUT2D eigenvalue weighted by Gasteiger charge is -2.31. The molecule has 1 fully saturated rings. The average Bonchev–Trinajstić information content (AvgIpc) is 3.16. The van der Waals surface area contributed by atoms with Crippen LogP contribution in [0.5, 0.6) is 5.75 Å². The molecule has 0 saturated carbocycles. The van der Waals surface area contributed by atoms with Crippen molar-refractivity contribution in [3.8, 4) is 5.75 Å². The van der Waals surface area contributed by atoms with Gasteiger partial charge in [0.15, 0.2) is 5.75 Å². The molecule has 1 aromatic heterocycles. The minimum atomic E-state index is -0.741. The lowest BCUT2D eigenvalue weighted by Crippen LogP contribution is -2.34. The number of thiophene rings is 1. The highest BCUT2D eigenvalue weighted by Gasteiger charge is 2.23. The van der Waals surface area contributed by atoms with E-state index in [4.69, 9.17) is 28.9 Å². The molecule has 33 heavy (non-hydrogen) atoms. The van der Waals surface area contributed by atoms with Gasteiger partial charge in [0.1, 0.15) is 10.0 Å². The number of phenolic OH excluding ortho intramolecular Hbond substituents is 1. The highest BCUT2D eigenvalue weighted by Crippen LogP contribution is 2.46. The summed E-state index contributed by atoms with van der Waals surface area (Å²) in [7, 11) is 0. The van der Waals surface area contributed by atoms with Crippen LogP contribution < -0.4 is 11.1 Å². The average molecular weight is 508 g/mol. The van der Waals surface area contributed by atoms with Crippen LogP contribution in [0.25, 0.3) is 10.1 Å². The highest BCUT2D eigenvalue weighted by atomic mass is 35.5. The van der Waals surface area contributed by atoms with Crippen molar-refractivity contribution >= 4 is 61.4 Å². The smallest absolute Gasteiger partial charge is 0.256 e. The number of fused-ring (bicyclic) bond motifs is 1. The molecule has 4 rings (SSSR count). The van der Waals surface area contributed by atoms with Crippen molar-refractivity contribution in [2.24, 2.45) is 11.7 Å². The van der Waals surface area contributed by atoms with E-state index in [-0.39, 0.29) is 33.0 Å². The third-order valence-corrected chi connectivity index (χ3v) is 7.82. The number of piperidine rings is 1. The molecule has 7 nitrogen and oxygen atoms in total. The van der Waals surface area contributed by atoms with Gasteiger partial charge in [-0.1, -0.05) is 35.3 Å². The summed E-state index contributed by atoms with van der Waals surface area (Å²) in [6.07, 6.45) is 1.97. The number of nitrogens with two attached hydrogens (primary N) is 1. The predicted octanol–water partition coefficient (Wildman–Crippen LogP) is 4.47. The number of likely N-dealkylation sites (tertiary alicyclic amines) is 1. The maximum absolute atomic E-state index is 12.9. The van der Waals surface area contributed by atoms with E-state index < -0.39 is 11.8 Å². The number of aliphatic hydroxyl groups excluding tert-OH is 1. The van der Waals surface area contributed by atoms with Crippen LogP contribution in [0.15, 0.2) is 30.3 Å². The zero-order valence-corrected chi connectivity index (χ0v) is 19.9. The Morgan fingerprint density at radius 1 is 1.18 bits per heavy atom. The first-order valence-corrected chi connectivity index (χ1v) is 12.0. The van der Waals surface area contributed by atoms with Gasteiger partial charge in [-0.15, -0.1) is 11.3 Å². The molecule has 2 aromatic carbocycles.